The van der Waals surface area contributed by atoms with Gasteiger partial charge < -0.3 is 10.1 Å². The topological polar surface area (TPSA) is 21.3 Å². The summed E-state index contributed by atoms with van der Waals surface area (Å²) >= 11 is 0. The molecule has 1 aromatic rings. The Hall–Kier alpha value is -0.860. The van der Waals surface area contributed by atoms with Crippen LogP contribution in [-0.2, 0) is 10.2 Å². The van der Waals surface area contributed by atoms with Gasteiger partial charge in [0.1, 0.15) is 0 Å². The van der Waals surface area contributed by atoms with E-state index in [2.05, 4.69) is 57.3 Å². The minimum Gasteiger partial charge on any atom is -0.376 e. The molecule has 1 saturated heterocycles. The standard InChI is InChI=1S/C16H25NO/c1-13-6-5-7-14(10-13)16(11-17-12-16)8-9-18-15(2,3)4/h5-7,10,17H,8-9,11-12H2,1-4H3. The lowest BCUT2D eigenvalue weighted by Crippen LogP contribution is -2.57. The van der Waals surface area contributed by atoms with Crippen molar-refractivity contribution in [3.05, 3.63) is 35.4 Å². The van der Waals surface area contributed by atoms with Crippen molar-refractivity contribution in [2.45, 2.75) is 45.1 Å². The molecule has 0 unspecified atom stereocenters. The summed E-state index contributed by atoms with van der Waals surface area (Å²) in [6.07, 6.45) is 1.10. The molecule has 0 radical (unpaired) electrons. The van der Waals surface area contributed by atoms with Crippen molar-refractivity contribution < 1.29 is 4.74 Å². The molecule has 18 heavy (non-hydrogen) atoms. The molecule has 0 amide bonds. The predicted octanol–water partition coefficient (Wildman–Crippen LogP) is 3.04. The average Bonchev–Trinajstić information content (AvgIpc) is 2.20. The lowest BCUT2D eigenvalue weighted by molar-refractivity contribution is -0.0156. The van der Waals surface area contributed by atoms with Crippen LogP contribution >= 0.6 is 0 Å². The Morgan fingerprint density at radius 1 is 1.28 bits per heavy atom. The number of rotatable bonds is 4. The van der Waals surface area contributed by atoms with Crippen molar-refractivity contribution in [3.8, 4) is 0 Å². The fraction of sp³-hybridized carbons (Fsp3) is 0.625. The number of ether oxygens (including phenoxy) is 1. The van der Waals surface area contributed by atoms with E-state index in [4.69, 9.17) is 4.74 Å². The number of hydrogen-bond donors (Lipinski definition) is 1. The monoisotopic (exact) mass is 247 g/mol. The molecule has 0 bridgehead atoms. The Morgan fingerprint density at radius 2 is 2.00 bits per heavy atom. The van der Waals surface area contributed by atoms with Gasteiger partial charge in [-0.05, 0) is 39.7 Å². The van der Waals surface area contributed by atoms with Gasteiger partial charge in [-0.25, -0.2) is 0 Å². The molecular formula is C16H25NO. The Labute approximate surface area is 111 Å². The first-order chi connectivity index (χ1) is 8.41. The van der Waals surface area contributed by atoms with Crippen LogP contribution in [0, 0.1) is 6.92 Å². The number of aryl methyl sites for hydroxylation is 1. The molecule has 0 aromatic heterocycles. The van der Waals surface area contributed by atoms with Crippen LogP contribution in [0.15, 0.2) is 24.3 Å². The quantitative estimate of drug-likeness (QED) is 0.883. The first-order valence-electron chi connectivity index (χ1n) is 6.83. The fourth-order valence-corrected chi connectivity index (χ4v) is 2.48. The number of hydrogen-bond acceptors (Lipinski definition) is 2. The minimum absolute atomic E-state index is 0.0367. The number of benzene rings is 1. The largest absolute Gasteiger partial charge is 0.376 e. The summed E-state index contributed by atoms with van der Waals surface area (Å²) in [5.74, 6) is 0. The predicted molar refractivity (Wildman–Crippen MR) is 76.0 cm³/mol. The maximum Gasteiger partial charge on any atom is 0.0598 e. The van der Waals surface area contributed by atoms with Gasteiger partial charge in [-0.2, -0.15) is 0 Å². The minimum atomic E-state index is -0.0367. The third kappa shape index (κ3) is 3.12. The zero-order valence-electron chi connectivity index (χ0n) is 12.0. The molecule has 0 atom stereocenters. The van der Waals surface area contributed by atoms with E-state index in [1.165, 1.54) is 11.1 Å². The van der Waals surface area contributed by atoms with Crippen molar-refractivity contribution >= 4 is 0 Å². The highest BCUT2D eigenvalue weighted by Crippen LogP contribution is 2.33. The van der Waals surface area contributed by atoms with Crippen molar-refractivity contribution in [3.63, 3.8) is 0 Å². The first kappa shape index (κ1) is 13.6. The van der Waals surface area contributed by atoms with Gasteiger partial charge in [0.05, 0.1) is 5.60 Å². The van der Waals surface area contributed by atoms with Gasteiger partial charge in [0.2, 0.25) is 0 Å². The highest BCUT2D eigenvalue weighted by Gasteiger charge is 2.38. The van der Waals surface area contributed by atoms with E-state index in [1.807, 2.05) is 0 Å². The Morgan fingerprint density at radius 3 is 2.50 bits per heavy atom. The molecule has 2 nitrogen and oxygen atoms in total. The molecule has 1 aliphatic heterocycles. The van der Waals surface area contributed by atoms with Crippen LogP contribution in [0.5, 0.6) is 0 Å². The summed E-state index contributed by atoms with van der Waals surface area (Å²) in [5.41, 5.74) is 3.05. The lowest BCUT2D eigenvalue weighted by atomic mass is 9.72. The summed E-state index contributed by atoms with van der Waals surface area (Å²) in [4.78, 5) is 0. The second kappa shape index (κ2) is 5.02. The molecule has 1 aliphatic rings. The zero-order valence-corrected chi connectivity index (χ0v) is 12.0. The van der Waals surface area contributed by atoms with E-state index in [0.29, 0.717) is 0 Å². The summed E-state index contributed by atoms with van der Waals surface area (Å²) in [6, 6.07) is 8.90. The van der Waals surface area contributed by atoms with Gasteiger partial charge in [-0.15, -0.1) is 0 Å². The van der Waals surface area contributed by atoms with Gasteiger partial charge in [0.25, 0.3) is 0 Å². The zero-order chi connectivity index (χ0) is 13.2. The van der Waals surface area contributed by atoms with Crippen molar-refractivity contribution in [2.24, 2.45) is 0 Å². The van der Waals surface area contributed by atoms with Crippen LogP contribution in [0.2, 0.25) is 0 Å². The van der Waals surface area contributed by atoms with Crippen LogP contribution in [0.4, 0.5) is 0 Å². The van der Waals surface area contributed by atoms with Crippen LogP contribution in [-0.4, -0.2) is 25.3 Å². The SMILES string of the molecule is Cc1cccc(C2(CCOC(C)(C)C)CNC2)c1. The molecule has 1 heterocycles. The van der Waals surface area contributed by atoms with E-state index in [0.717, 1.165) is 26.1 Å². The van der Waals surface area contributed by atoms with E-state index in [9.17, 15) is 0 Å². The Kier molecular flexibility index (Phi) is 3.79. The molecule has 0 saturated carbocycles. The second-order valence-electron chi connectivity index (χ2n) is 6.46. The molecule has 100 valence electrons. The first-order valence-corrected chi connectivity index (χ1v) is 6.83. The molecule has 0 aliphatic carbocycles. The average molecular weight is 247 g/mol. The van der Waals surface area contributed by atoms with Gasteiger partial charge in [-0.3, -0.25) is 0 Å². The van der Waals surface area contributed by atoms with Crippen molar-refractivity contribution in [1.82, 2.24) is 5.32 Å². The highest BCUT2D eigenvalue weighted by atomic mass is 16.5. The third-order valence-electron chi connectivity index (χ3n) is 3.67. The van der Waals surface area contributed by atoms with Crippen LogP contribution in [0.25, 0.3) is 0 Å². The van der Waals surface area contributed by atoms with Gasteiger partial charge >= 0.3 is 0 Å². The summed E-state index contributed by atoms with van der Waals surface area (Å²) in [6.45, 7) is 11.5. The van der Waals surface area contributed by atoms with E-state index in [1.54, 1.807) is 0 Å². The molecule has 2 rings (SSSR count). The lowest BCUT2D eigenvalue weighted by Gasteiger charge is -2.44. The van der Waals surface area contributed by atoms with Gasteiger partial charge in [-0.1, -0.05) is 29.8 Å². The van der Waals surface area contributed by atoms with E-state index in [-0.39, 0.29) is 11.0 Å². The van der Waals surface area contributed by atoms with Crippen LogP contribution < -0.4 is 5.32 Å². The molecule has 1 N–H and O–H groups in total. The molecule has 1 aromatic carbocycles. The highest BCUT2D eigenvalue weighted by molar-refractivity contribution is 5.33. The summed E-state index contributed by atoms with van der Waals surface area (Å²) in [7, 11) is 0. The maximum atomic E-state index is 5.88. The van der Waals surface area contributed by atoms with Crippen LogP contribution in [0.1, 0.15) is 38.3 Å². The Balaban J connectivity index is 2.03. The van der Waals surface area contributed by atoms with Crippen molar-refractivity contribution in [2.75, 3.05) is 19.7 Å². The fourth-order valence-electron chi connectivity index (χ4n) is 2.48. The van der Waals surface area contributed by atoms with Crippen molar-refractivity contribution in [1.29, 1.82) is 0 Å². The van der Waals surface area contributed by atoms with Gasteiger partial charge in [0.15, 0.2) is 0 Å². The normalized spacial score (nSPS) is 18.4. The molecule has 2 heteroatoms. The summed E-state index contributed by atoms with van der Waals surface area (Å²) in [5, 5.41) is 3.41. The smallest absolute Gasteiger partial charge is 0.0598 e. The number of nitrogens with one attached hydrogen (secondary N) is 1. The van der Waals surface area contributed by atoms with Crippen LogP contribution in [0.3, 0.4) is 0 Å². The molecule has 1 fully saturated rings. The molecule has 0 spiro atoms. The van der Waals surface area contributed by atoms with Gasteiger partial charge in [0, 0.05) is 25.1 Å². The second-order valence-corrected chi connectivity index (χ2v) is 6.46. The third-order valence-corrected chi connectivity index (χ3v) is 3.67. The Bertz CT molecular complexity index is 402. The van der Waals surface area contributed by atoms with E-state index >= 15 is 0 Å². The van der Waals surface area contributed by atoms with E-state index < -0.39 is 0 Å². The summed E-state index contributed by atoms with van der Waals surface area (Å²) < 4.78 is 5.88. The maximum absolute atomic E-state index is 5.88. The molecular weight excluding hydrogens is 222 g/mol.